The molecule has 17 heavy (non-hydrogen) atoms. The van der Waals surface area contributed by atoms with E-state index < -0.39 is 0 Å². The highest BCUT2D eigenvalue weighted by atomic mass is 32.2. The standard InChI is InChI=1S/C10H13N5S2/c1-6-4-8(7-2-3-16-10(7)17-6)11-5-9-12-14-15-13-9/h2-3,6,8,11H,4-5H2,1H3,(H,12,13,14,15)/t6-,8?/m0/s1. The Kier molecular flexibility index (Phi) is 3.13. The van der Waals surface area contributed by atoms with Crippen LogP contribution in [0.2, 0.25) is 0 Å². The maximum Gasteiger partial charge on any atom is 0.188 e. The van der Waals surface area contributed by atoms with E-state index in [9.17, 15) is 0 Å². The van der Waals surface area contributed by atoms with E-state index in [4.69, 9.17) is 0 Å². The zero-order valence-electron chi connectivity index (χ0n) is 9.38. The number of H-pyrrole nitrogens is 1. The molecule has 1 unspecified atom stereocenters. The molecule has 0 amide bonds. The van der Waals surface area contributed by atoms with Crippen molar-refractivity contribution in [3.8, 4) is 0 Å². The first kappa shape index (κ1) is 11.2. The van der Waals surface area contributed by atoms with E-state index in [1.807, 2.05) is 23.1 Å². The predicted octanol–water partition coefficient (Wildman–Crippen LogP) is 1.98. The van der Waals surface area contributed by atoms with E-state index in [1.165, 1.54) is 9.77 Å². The van der Waals surface area contributed by atoms with Crippen molar-refractivity contribution < 1.29 is 0 Å². The molecule has 0 fully saturated rings. The third-order valence-electron chi connectivity index (χ3n) is 2.81. The predicted molar refractivity (Wildman–Crippen MR) is 68.0 cm³/mol. The molecule has 1 aliphatic rings. The first-order chi connectivity index (χ1) is 8.33. The van der Waals surface area contributed by atoms with Crippen LogP contribution in [-0.4, -0.2) is 25.9 Å². The van der Waals surface area contributed by atoms with Crippen molar-refractivity contribution in [3.63, 3.8) is 0 Å². The smallest absolute Gasteiger partial charge is 0.188 e. The second-order valence-corrected chi connectivity index (χ2v) is 6.71. The molecule has 0 bridgehead atoms. The number of hydrogen-bond acceptors (Lipinski definition) is 6. The van der Waals surface area contributed by atoms with Crippen LogP contribution in [-0.2, 0) is 6.54 Å². The third-order valence-corrected chi connectivity index (χ3v) is 5.15. The minimum Gasteiger partial charge on any atom is -0.303 e. The average molecular weight is 267 g/mol. The van der Waals surface area contributed by atoms with Crippen LogP contribution >= 0.6 is 23.1 Å². The van der Waals surface area contributed by atoms with Gasteiger partial charge in [0, 0.05) is 11.3 Å². The summed E-state index contributed by atoms with van der Waals surface area (Å²) in [6.07, 6.45) is 1.15. The summed E-state index contributed by atoms with van der Waals surface area (Å²) >= 11 is 3.80. The van der Waals surface area contributed by atoms with Crippen molar-refractivity contribution >= 4 is 23.1 Å². The summed E-state index contributed by atoms with van der Waals surface area (Å²) in [4.78, 5) is 0. The summed E-state index contributed by atoms with van der Waals surface area (Å²) < 4.78 is 1.44. The van der Waals surface area contributed by atoms with E-state index in [0.717, 1.165) is 6.42 Å². The molecule has 2 aromatic rings. The van der Waals surface area contributed by atoms with Crippen molar-refractivity contribution in [1.82, 2.24) is 25.9 Å². The molecule has 3 heterocycles. The Hall–Kier alpha value is -0.920. The monoisotopic (exact) mass is 267 g/mol. The number of thiophene rings is 1. The average Bonchev–Trinajstić information content (AvgIpc) is 2.95. The maximum atomic E-state index is 3.95. The highest BCUT2D eigenvalue weighted by molar-refractivity contribution is 8.01. The zero-order chi connectivity index (χ0) is 11.7. The lowest BCUT2D eigenvalue weighted by Crippen LogP contribution is -2.26. The maximum absolute atomic E-state index is 3.95. The Morgan fingerprint density at radius 1 is 1.59 bits per heavy atom. The second kappa shape index (κ2) is 4.75. The normalized spacial score (nSPS) is 23.6. The number of rotatable bonds is 3. The summed E-state index contributed by atoms with van der Waals surface area (Å²) in [5.41, 5.74) is 1.42. The molecule has 2 N–H and O–H groups in total. The van der Waals surface area contributed by atoms with Gasteiger partial charge >= 0.3 is 0 Å². The van der Waals surface area contributed by atoms with Gasteiger partial charge in [0.2, 0.25) is 0 Å². The van der Waals surface area contributed by atoms with Crippen LogP contribution in [0.25, 0.3) is 0 Å². The van der Waals surface area contributed by atoms with Gasteiger partial charge in [-0.15, -0.1) is 33.3 Å². The Morgan fingerprint density at radius 2 is 2.53 bits per heavy atom. The summed E-state index contributed by atoms with van der Waals surface area (Å²) in [7, 11) is 0. The van der Waals surface area contributed by atoms with Gasteiger partial charge in [-0.25, -0.2) is 0 Å². The van der Waals surface area contributed by atoms with Gasteiger partial charge in [-0.1, -0.05) is 12.1 Å². The van der Waals surface area contributed by atoms with Crippen molar-refractivity contribution in [2.45, 2.75) is 35.4 Å². The molecule has 0 aliphatic carbocycles. The fraction of sp³-hybridized carbons (Fsp3) is 0.500. The SMILES string of the molecule is C[C@H]1CC(NCc2nn[nH]n2)c2ccsc2S1. The Labute approximate surface area is 107 Å². The van der Waals surface area contributed by atoms with Gasteiger partial charge in [0.25, 0.3) is 0 Å². The lowest BCUT2D eigenvalue weighted by atomic mass is 10.1. The fourth-order valence-electron chi connectivity index (χ4n) is 2.01. The van der Waals surface area contributed by atoms with Crippen LogP contribution in [0.1, 0.15) is 30.8 Å². The van der Waals surface area contributed by atoms with E-state index in [2.05, 4.69) is 44.3 Å². The van der Waals surface area contributed by atoms with Crippen LogP contribution in [0.4, 0.5) is 0 Å². The number of tetrazole rings is 1. The van der Waals surface area contributed by atoms with Crippen molar-refractivity contribution in [2.75, 3.05) is 0 Å². The number of aromatic nitrogens is 4. The van der Waals surface area contributed by atoms with Crippen LogP contribution in [0, 0.1) is 0 Å². The number of thioether (sulfide) groups is 1. The number of fused-ring (bicyclic) bond motifs is 1. The molecule has 0 aromatic carbocycles. The molecule has 90 valence electrons. The Balaban J connectivity index is 1.71. The lowest BCUT2D eigenvalue weighted by molar-refractivity contribution is 0.480. The van der Waals surface area contributed by atoms with E-state index in [0.29, 0.717) is 23.7 Å². The zero-order valence-corrected chi connectivity index (χ0v) is 11.0. The van der Waals surface area contributed by atoms with E-state index in [-0.39, 0.29) is 0 Å². The second-order valence-electron chi connectivity index (χ2n) is 4.09. The van der Waals surface area contributed by atoms with Gasteiger partial charge in [-0.05, 0) is 23.4 Å². The largest absolute Gasteiger partial charge is 0.303 e. The van der Waals surface area contributed by atoms with E-state index in [1.54, 1.807) is 0 Å². The van der Waals surface area contributed by atoms with Gasteiger partial charge in [-0.2, -0.15) is 5.21 Å². The van der Waals surface area contributed by atoms with Crippen molar-refractivity contribution in [1.29, 1.82) is 0 Å². The van der Waals surface area contributed by atoms with Crippen molar-refractivity contribution in [3.05, 3.63) is 22.8 Å². The molecule has 2 atom stereocenters. The third kappa shape index (κ3) is 2.36. The van der Waals surface area contributed by atoms with Crippen molar-refractivity contribution in [2.24, 2.45) is 0 Å². The van der Waals surface area contributed by atoms with Gasteiger partial charge in [0.1, 0.15) is 0 Å². The summed E-state index contributed by atoms with van der Waals surface area (Å²) in [5, 5.41) is 20.3. The first-order valence-electron chi connectivity index (χ1n) is 5.52. The van der Waals surface area contributed by atoms with Gasteiger partial charge < -0.3 is 5.32 Å². The fourth-order valence-corrected chi connectivity index (χ4v) is 4.58. The minimum absolute atomic E-state index is 0.408. The molecule has 0 spiro atoms. The molecule has 0 saturated heterocycles. The molecule has 0 radical (unpaired) electrons. The molecular formula is C10H13N5S2. The molecule has 0 saturated carbocycles. The molecule has 7 heteroatoms. The topological polar surface area (TPSA) is 66.5 Å². The first-order valence-corrected chi connectivity index (χ1v) is 7.28. The summed E-state index contributed by atoms with van der Waals surface area (Å²) in [5.74, 6) is 0.715. The molecule has 1 aliphatic heterocycles. The van der Waals surface area contributed by atoms with Crippen LogP contribution in [0.3, 0.4) is 0 Å². The quantitative estimate of drug-likeness (QED) is 0.890. The number of nitrogens with zero attached hydrogens (tertiary/aromatic N) is 3. The highest BCUT2D eigenvalue weighted by Crippen LogP contribution is 2.43. The Bertz CT molecular complexity index is 481. The van der Waals surface area contributed by atoms with Crippen LogP contribution < -0.4 is 5.32 Å². The summed E-state index contributed by atoms with van der Waals surface area (Å²) in [6.45, 7) is 2.93. The van der Waals surface area contributed by atoms with Crippen LogP contribution in [0.5, 0.6) is 0 Å². The van der Waals surface area contributed by atoms with Gasteiger partial charge in [-0.3, -0.25) is 0 Å². The highest BCUT2D eigenvalue weighted by Gasteiger charge is 2.25. The molecule has 5 nitrogen and oxygen atoms in total. The van der Waals surface area contributed by atoms with E-state index >= 15 is 0 Å². The number of hydrogen-bond donors (Lipinski definition) is 2. The summed E-state index contributed by atoms with van der Waals surface area (Å²) in [6, 6.07) is 2.62. The molecule has 3 rings (SSSR count). The number of aromatic amines is 1. The Morgan fingerprint density at radius 3 is 3.35 bits per heavy atom. The van der Waals surface area contributed by atoms with Crippen LogP contribution in [0.15, 0.2) is 15.7 Å². The molecule has 2 aromatic heterocycles. The molecular weight excluding hydrogens is 254 g/mol. The minimum atomic E-state index is 0.408. The number of nitrogens with one attached hydrogen (secondary N) is 2. The van der Waals surface area contributed by atoms with Gasteiger partial charge in [0.15, 0.2) is 5.82 Å². The van der Waals surface area contributed by atoms with Gasteiger partial charge in [0.05, 0.1) is 10.8 Å². The lowest BCUT2D eigenvalue weighted by Gasteiger charge is -2.27.